The molecule has 0 bridgehead atoms. The van der Waals surface area contributed by atoms with Gasteiger partial charge in [-0.2, -0.15) is 0 Å². The molecule has 0 aliphatic heterocycles. The number of hydrogen-bond acceptors (Lipinski definition) is 4. The molecule has 6 nitrogen and oxygen atoms in total. The van der Waals surface area contributed by atoms with Crippen molar-refractivity contribution < 1.29 is 28.1 Å². The molecule has 0 saturated carbocycles. The first-order chi connectivity index (χ1) is 7.96. The van der Waals surface area contributed by atoms with Gasteiger partial charge in [-0.05, 0) is 12.5 Å². The second-order valence-corrected chi connectivity index (χ2v) is 6.94. The zero-order valence-corrected chi connectivity index (χ0v) is 12.2. The Morgan fingerprint density at radius 2 is 1.83 bits per heavy atom. The van der Waals surface area contributed by atoms with E-state index in [4.69, 9.17) is 4.52 Å². The van der Waals surface area contributed by atoms with E-state index in [1.807, 2.05) is 21.1 Å². The van der Waals surface area contributed by atoms with E-state index in [-0.39, 0.29) is 12.2 Å². The molecule has 0 heterocycles. The van der Waals surface area contributed by atoms with Crippen molar-refractivity contribution in [3.05, 3.63) is 12.2 Å². The maximum absolute atomic E-state index is 11.6. The van der Waals surface area contributed by atoms with Crippen molar-refractivity contribution in [2.45, 2.75) is 13.3 Å². The highest BCUT2D eigenvalue weighted by molar-refractivity contribution is 7.71. The second-order valence-electron chi connectivity index (χ2n) is 5.14. The van der Waals surface area contributed by atoms with E-state index < -0.39 is 25.3 Å². The van der Waals surface area contributed by atoms with Crippen LogP contribution in [0.3, 0.4) is 0 Å². The molecule has 0 fully saturated rings. The average Bonchev–Trinajstić information content (AvgIpc) is 2.14. The van der Waals surface area contributed by atoms with E-state index in [1.54, 1.807) is 0 Å². The molecule has 104 valence electrons. The van der Waals surface area contributed by atoms with Crippen LogP contribution >= 0.6 is 7.60 Å². The highest BCUT2D eigenvalue weighted by atomic mass is 31.2. The first-order valence-corrected chi connectivity index (χ1v) is 7.03. The summed E-state index contributed by atoms with van der Waals surface area (Å²) >= 11 is 0. The van der Waals surface area contributed by atoms with Gasteiger partial charge in [0.25, 0.3) is 5.52 Å². The van der Waals surface area contributed by atoms with Gasteiger partial charge in [-0.25, -0.2) is 0 Å². The quantitative estimate of drug-likeness (QED) is 0.309. The third kappa shape index (κ3) is 6.81. The first-order valence-electron chi connectivity index (χ1n) is 5.45. The maximum Gasteiger partial charge on any atom is 0.394 e. The van der Waals surface area contributed by atoms with Gasteiger partial charge >= 0.3 is 7.60 Å². The molecule has 0 aromatic carbocycles. The fourth-order valence-electron chi connectivity index (χ4n) is 0.899. The molecule has 1 N–H and O–H groups in total. The lowest BCUT2D eigenvalue weighted by Gasteiger charge is -2.23. The van der Waals surface area contributed by atoms with Crippen LogP contribution in [0.25, 0.3) is 0 Å². The molecule has 0 saturated heterocycles. The number of carbonyl (C=O) groups excluding carboxylic acids is 2. The van der Waals surface area contributed by atoms with E-state index in [0.29, 0.717) is 11.0 Å². The molecule has 18 heavy (non-hydrogen) atoms. The molecule has 0 amide bonds. The van der Waals surface area contributed by atoms with Gasteiger partial charge in [0.1, 0.15) is 13.2 Å². The fourth-order valence-corrected chi connectivity index (χ4v) is 1.72. The summed E-state index contributed by atoms with van der Waals surface area (Å²) in [6.45, 7) is 5.26. The molecule has 0 aromatic heterocycles. The van der Waals surface area contributed by atoms with Gasteiger partial charge in [0.2, 0.25) is 0 Å². The third-order valence-electron chi connectivity index (χ3n) is 2.13. The molecular formula is C11H21NO5P+. The zero-order chi connectivity index (χ0) is 14.6. The topological polar surface area (TPSA) is 80.7 Å². The summed E-state index contributed by atoms with van der Waals surface area (Å²) in [6.07, 6.45) is -0.645. The molecule has 1 atom stereocenters. The number of quaternary nitrogens is 1. The molecule has 1 unspecified atom stereocenters. The molecular weight excluding hydrogens is 257 g/mol. The summed E-state index contributed by atoms with van der Waals surface area (Å²) in [4.78, 5) is 32.1. The normalized spacial score (nSPS) is 14.9. The smallest absolute Gasteiger partial charge is 0.329 e. The van der Waals surface area contributed by atoms with Crippen LogP contribution in [0.4, 0.5) is 0 Å². The minimum Gasteiger partial charge on any atom is -0.329 e. The number of allylic oxidation sites excluding steroid dienone is 1. The van der Waals surface area contributed by atoms with Crippen molar-refractivity contribution in [1.29, 1.82) is 0 Å². The first kappa shape index (κ1) is 17.2. The van der Waals surface area contributed by atoms with Gasteiger partial charge in [-0.1, -0.05) is 6.58 Å². The standard InChI is InChI=1S/C11H20NO5P/c1-9(2)10(13)8-11(14)18(15,16)17-7-6-12(3,4)5/h1,6-8H2,2-5H3/p+1. The third-order valence-corrected chi connectivity index (χ3v) is 3.45. The van der Waals surface area contributed by atoms with E-state index in [9.17, 15) is 19.0 Å². The zero-order valence-electron chi connectivity index (χ0n) is 11.3. The minimum absolute atomic E-state index is 0.0235. The van der Waals surface area contributed by atoms with Gasteiger partial charge in [-0.15, -0.1) is 0 Å². The Morgan fingerprint density at radius 1 is 1.33 bits per heavy atom. The Labute approximate surface area is 107 Å². The fraction of sp³-hybridized carbons (Fsp3) is 0.636. The number of likely N-dealkylation sites (N-methyl/N-ethyl adjacent to an activating group) is 1. The summed E-state index contributed by atoms with van der Waals surface area (Å²) in [7, 11) is 1.29. The predicted octanol–water partition coefficient (Wildman–Crippen LogP) is 0.956. The Hall–Kier alpha value is -0.810. The summed E-state index contributed by atoms with van der Waals surface area (Å²) < 4.78 is 16.8. The van der Waals surface area contributed by atoms with E-state index in [1.165, 1.54) is 6.92 Å². The largest absolute Gasteiger partial charge is 0.394 e. The van der Waals surface area contributed by atoms with Crippen LogP contribution in [0.2, 0.25) is 0 Å². The highest BCUT2D eigenvalue weighted by Crippen LogP contribution is 2.44. The highest BCUT2D eigenvalue weighted by Gasteiger charge is 2.32. The van der Waals surface area contributed by atoms with Crippen LogP contribution in [0.5, 0.6) is 0 Å². The summed E-state index contributed by atoms with van der Waals surface area (Å²) in [5.74, 6) is -0.551. The van der Waals surface area contributed by atoms with E-state index in [2.05, 4.69) is 6.58 Å². The Bertz CT molecular complexity index is 397. The van der Waals surface area contributed by atoms with Crippen molar-refractivity contribution in [3.63, 3.8) is 0 Å². The Balaban J connectivity index is 4.37. The van der Waals surface area contributed by atoms with Gasteiger partial charge in [0.05, 0.1) is 27.6 Å². The average molecular weight is 278 g/mol. The number of Topliss-reactive ketones (excluding diaryl/α,β-unsaturated/α-hetero) is 1. The van der Waals surface area contributed by atoms with Crippen molar-refractivity contribution >= 4 is 18.9 Å². The van der Waals surface area contributed by atoms with Gasteiger partial charge in [-0.3, -0.25) is 18.7 Å². The van der Waals surface area contributed by atoms with Crippen LogP contribution in [0, 0.1) is 0 Å². The lowest BCUT2D eigenvalue weighted by molar-refractivity contribution is -0.870. The van der Waals surface area contributed by atoms with Gasteiger partial charge in [0, 0.05) is 0 Å². The van der Waals surface area contributed by atoms with Crippen LogP contribution in [0.1, 0.15) is 13.3 Å². The molecule has 0 radical (unpaired) electrons. The Kier molecular flexibility index (Phi) is 6.10. The van der Waals surface area contributed by atoms with Gasteiger partial charge in [0.15, 0.2) is 5.78 Å². The van der Waals surface area contributed by atoms with E-state index in [0.717, 1.165) is 0 Å². The van der Waals surface area contributed by atoms with Crippen LogP contribution < -0.4 is 0 Å². The number of ketones is 1. The summed E-state index contributed by atoms with van der Waals surface area (Å²) in [5.41, 5.74) is -0.911. The van der Waals surface area contributed by atoms with Crippen molar-refractivity contribution in [2.75, 3.05) is 34.3 Å². The van der Waals surface area contributed by atoms with E-state index >= 15 is 0 Å². The molecule has 0 aliphatic carbocycles. The lowest BCUT2D eigenvalue weighted by atomic mass is 10.2. The molecule has 0 spiro atoms. The lowest BCUT2D eigenvalue weighted by Crippen LogP contribution is -2.37. The number of rotatable bonds is 8. The molecule has 7 heteroatoms. The maximum atomic E-state index is 11.6. The molecule has 0 aromatic rings. The number of hydrogen-bond donors (Lipinski definition) is 1. The van der Waals surface area contributed by atoms with Gasteiger partial charge < -0.3 is 9.38 Å². The molecule has 0 aliphatic rings. The van der Waals surface area contributed by atoms with Crippen molar-refractivity contribution in [1.82, 2.24) is 0 Å². The van der Waals surface area contributed by atoms with Crippen molar-refractivity contribution in [3.8, 4) is 0 Å². The SMILES string of the molecule is C=C(C)C(=O)CC(=O)P(=O)(O)OCC[N+](C)(C)C. The van der Waals surface area contributed by atoms with Crippen LogP contribution in [-0.2, 0) is 18.7 Å². The predicted molar refractivity (Wildman–Crippen MR) is 68.1 cm³/mol. The monoisotopic (exact) mass is 278 g/mol. The van der Waals surface area contributed by atoms with Crippen LogP contribution in [-0.4, -0.2) is 55.0 Å². The number of carbonyl (C=O) groups is 2. The second kappa shape index (κ2) is 6.38. The minimum atomic E-state index is -4.37. The number of nitrogens with zero attached hydrogens (tertiary/aromatic N) is 1. The summed E-state index contributed by atoms with van der Waals surface area (Å²) in [6, 6.07) is 0. The van der Waals surface area contributed by atoms with Crippen molar-refractivity contribution in [2.24, 2.45) is 0 Å². The Morgan fingerprint density at radius 3 is 2.22 bits per heavy atom. The summed E-state index contributed by atoms with van der Waals surface area (Å²) in [5, 5.41) is 0. The van der Waals surface area contributed by atoms with Crippen LogP contribution in [0.15, 0.2) is 12.2 Å². The molecule has 0 rings (SSSR count).